The molecule has 0 spiro atoms. The Kier molecular flexibility index (Phi) is 2.76. The van der Waals surface area contributed by atoms with Gasteiger partial charge in [0.15, 0.2) is 0 Å². The third-order valence-corrected chi connectivity index (χ3v) is 1.37. The normalized spacial score (nSPS) is 9.00. The zero-order valence-electron chi connectivity index (χ0n) is 6.14. The predicted molar refractivity (Wildman–Crippen MR) is 46.9 cm³/mol. The zero-order valence-corrected chi connectivity index (χ0v) is 6.95. The van der Waals surface area contributed by atoms with Gasteiger partial charge in [0, 0.05) is 18.0 Å². The summed E-state index contributed by atoms with van der Waals surface area (Å²) in [5.74, 6) is 0. The van der Waals surface area contributed by atoms with Crippen LogP contribution < -0.4 is 0 Å². The SMILES string of the molecule is Cl.c1cncc(-c2cn[nH]n2)c1. The number of hydrogen-bond acceptors (Lipinski definition) is 3. The number of halogens is 1. The van der Waals surface area contributed by atoms with E-state index >= 15 is 0 Å². The van der Waals surface area contributed by atoms with E-state index in [1.54, 1.807) is 18.6 Å². The van der Waals surface area contributed by atoms with Gasteiger partial charge in [-0.3, -0.25) is 4.98 Å². The van der Waals surface area contributed by atoms with Crippen molar-refractivity contribution in [3.05, 3.63) is 30.7 Å². The molecule has 4 nitrogen and oxygen atoms in total. The topological polar surface area (TPSA) is 54.5 Å². The van der Waals surface area contributed by atoms with Crippen LogP contribution in [0.2, 0.25) is 0 Å². The van der Waals surface area contributed by atoms with Gasteiger partial charge in [0.1, 0.15) is 5.69 Å². The highest BCUT2D eigenvalue weighted by molar-refractivity contribution is 5.85. The number of hydrogen-bond donors (Lipinski definition) is 1. The van der Waals surface area contributed by atoms with Crippen LogP contribution in [0.4, 0.5) is 0 Å². The van der Waals surface area contributed by atoms with E-state index in [0.29, 0.717) is 0 Å². The molecule has 0 aromatic carbocycles. The fraction of sp³-hybridized carbons (Fsp3) is 0. The smallest absolute Gasteiger partial charge is 0.114 e. The lowest BCUT2D eigenvalue weighted by Gasteiger charge is -1.90. The molecule has 0 aliphatic rings. The van der Waals surface area contributed by atoms with E-state index in [1.807, 2.05) is 12.1 Å². The second-order valence-corrected chi connectivity index (χ2v) is 2.10. The van der Waals surface area contributed by atoms with Crippen LogP contribution in [0.25, 0.3) is 11.3 Å². The van der Waals surface area contributed by atoms with Crippen molar-refractivity contribution in [3.8, 4) is 11.3 Å². The Bertz CT molecular complexity index is 318. The summed E-state index contributed by atoms with van der Waals surface area (Å²) in [6.07, 6.45) is 5.14. The van der Waals surface area contributed by atoms with Gasteiger partial charge in [-0.05, 0) is 12.1 Å². The van der Waals surface area contributed by atoms with E-state index < -0.39 is 0 Å². The summed E-state index contributed by atoms with van der Waals surface area (Å²) < 4.78 is 0. The van der Waals surface area contributed by atoms with Crippen LogP contribution in [0.5, 0.6) is 0 Å². The third-order valence-electron chi connectivity index (χ3n) is 1.37. The maximum Gasteiger partial charge on any atom is 0.114 e. The maximum absolute atomic E-state index is 3.96. The zero-order chi connectivity index (χ0) is 7.52. The Balaban J connectivity index is 0.000000720. The van der Waals surface area contributed by atoms with Crippen molar-refractivity contribution in [1.29, 1.82) is 0 Å². The molecule has 0 saturated heterocycles. The molecule has 0 amide bonds. The van der Waals surface area contributed by atoms with E-state index in [1.165, 1.54) is 0 Å². The molecule has 0 aliphatic heterocycles. The average molecular weight is 183 g/mol. The van der Waals surface area contributed by atoms with Crippen molar-refractivity contribution >= 4 is 12.4 Å². The van der Waals surface area contributed by atoms with Crippen LogP contribution in [-0.4, -0.2) is 20.4 Å². The minimum atomic E-state index is 0. The van der Waals surface area contributed by atoms with Gasteiger partial charge in [0.2, 0.25) is 0 Å². The summed E-state index contributed by atoms with van der Waals surface area (Å²) in [6.45, 7) is 0. The largest absolute Gasteiger partial charge is 0.264 e. The van der Waals surface area contributed by atoms with Gasteiger partial charge in [-0.15, -0.1) is 12.4 Å². The van der Waals surface area contributed by atoms with Gasteiger partial charge in [-0.25, -0.2) is 0 Å². The first-order valence-electron chi connectivity index (χ1n) is 3.23. The minimum Gasteiger partial charge on any atom is -0.264 e. The third kappa shape index (κ3) is 1.60. The fourth-order valence-electron chi connectivity index (χ4n) is 0.855. The quantitative estimate of drug-likeness (QED) is 0.723. The summed E-state index contributed by atoms with van der Waals surface area (Å²) in [4.78, 5) is 3.96. The first kappa shape index (κ1) is 8.67. The van der Waals surface area contributed by atoms with Gasteiger partial charge in [0.05, 0.1) is 6.20 Å². The Morgan fingerprint density at radius 2 is 2.17 bits per heavy atom. The van der Waals surface area contributed by atoms with E-state index in [4.69, 9.17) is 0 Å². The first-order valence-corrected chi connectivity index (χ1v) is 3.23. The second-order valence-electron chi connectivity index (χ2n) is 2.10. The molecule has 2 aromatic rings. The summed E-state index contributed by atoms with van der Waals surface area (Å²) in [5, 5.41) is 10.1. The maximum atomic E-state index is 3.96. The number of nitrogens with zero attached hydrogens (tertiary/aromatic N) is 3. The lowest BCUT2D eigenvalue weighted by atomic mass is 10.2. The molecule has 0 atom stereocenters. The first-order chi connectivity index (χ1) is 5.47. The molecule has 2 aromatic heterocycles. The molecule has 0 bridgehead atoms. The molecule has 12 heavy (non-hydrogen) atoms. The molecular weight excluding hydrogens is 176 g/mol. The number of aromatic amines is 1. The van der Waals surface area contributed by atoms with Crippen LogP contribution in [0.1, 0.15) is 0 Å². The number of rotatable bonds is 1. The lowest BCUT2D eigenvalue weighted by molar-refractivity contribution is 0.942. The van der Waals surface area contributed by atoms with Crippen LogP contribution in [0, 0.1) is 0 Å². The molecule has 0 saturated carbocycles. The molecule has 0 unspecified atom stereocenters. The van der Waals surface area contributed by atoms with Crippen molar-refractivity contribution < 1.29 is 0 Å². The van der Waals surface area contributed by atoms with Crippen molar-refractivity contribution in [2.45, 2.75) is 0 Å². The predicted octanol–water partition coefficient (Wildman–Crippen LogP) is 1.29. The van der Waals surface area contributed by atoms with Crippen LogP contribution in [0.3, 0.4) is 0 Å². The molecule has 5 heteroatoms. The molecule has 0 radical (unpaired) electrons. The number of aromatic nitrogens is 4. The van der Waals surface area contributed by atoms with Crippen molar-refractivity contribution in [3.63, 3.8) is 0 Å². The standard InChI is InChI=1S/C7H6N4.ClH/c1-2-6(4-8-3-1)7-5-9-11-10-7;/h1-5H,(H,9,10,11);1H. The van der Waals surface area contributed by atoms with Gasteiger partial charge in [-0.2, -0.15) is 15.4 Å². The second kappa shape index (κ2) is 3.82. The van der Waals surface area contributed by atoms with Crippen LogP contribution >= 0.6 is 12.4 Å². The Morgan fingerprint density at radius 1 is 1.25 bits per heavy atom. The molecule has 62 valence electrons. The fourth-order valence-corrected chi connectivity index (χ4v) is 0.855. The average Bonchev–Trinajstić information content (AvgIpc) is 2.58. The summed E-state index contributed by atoms with van der Waals surface area (Å²) in [7, 11) is 0. The Morgan fingerprint density at radius 3 is 2.75 bits per heavy atom. The monoisotopic (exact) mass is 182 g/mol. The lowest BCUT2D eigenvalue weighted by Crippen LogP contribution is -1.77. The summed E-state index contributed by atoms with van der Waals surface area (Å²) in [6, 6.07) is 3.80. The highest BCUT2D eigenvalue weighted by Crippen LogP contribution is 2.11. The molecule has 2 heterocycles. The minimum absolute atomic E-state index is 0. The molecule has 1 N–H and O–H groups in total. The van der Waals surface area contributed by atoms with E-state index in [2.05, 4.69) is 20.4 Å². The van der Waals surface area contributed by atoms with Gasteiger partial charge >= 0.3 is 0 Å². The van der Waals surface area contributed by atoms with Gasteiger partial charge < -0.3 is 0 Å². The molecule has 0 aliphatic carbocycles. The van der Waals surface area contributed by atoms with Crippen molar-refractivity contribution in [2.24, 2.45) is 0 Å². The van der Waals surface area contributed by atoms with E-state index in [9.17, 15) is 0 Å². The number of H-pyrrole nitrogens is 1. The molecule has 0 fully saturated rings. The number of nitrogens with one attached hydrogen (secondary N) is 1. The molecule has 2 rings (SSSR count). The highest BCUT2D eigenvalue weighted by Gasteiger charge is 1.97. The van der Waals surface area contributed by atoms with E-state index in [0.717, 1.165) is 11.3 Å². The molecular formula is C7H7ClN4. The number of pyridine rings is 1. The van der Waals surface area contributed by atoms with E-state index in [-0.39, 0.29) is 12.4 Å². The van der Waals surface area contributed by atoms with Gasteiger partial charge in [-0.1, -0.05) is 0 Å². The van der Waals surface area contributed by atoms with Crippen LogP contribution in [0.15, 0.2) is 30.7 Å². The van der Waals surface area contributed by atoms with Crippen LogP contribution in [-0.2, 0) is 0 Å². The highest BCUT2D eigenvalue weighted by atomic mass is 35.5. The van der Waals surface area contributed by atoms with Crippen molar-refractivity contribution in [1.82, 2.24) is 20.4 Å². The van der Waals surface area contributed by atoms with Gasteiger partial charge in [0.25, 0.3) is 0 Å². The van der Waals surface area contributed by atoms with Crippen molar-refractivity contribution in [2.75, 3.05) is 0 Å². The Hall–Kier alpha value is -1.42. The Labute approximate surface area is 75.4 Å². The summed E-state index contributed by atoms with van der Waals surface area (Å²) >= 11 is 0. The summed E-state index contributed by atoms with van der Waals surface area (Å²) in [5.41, 5.74) is 1.79.